The fourth-order valence-electron chi connectivity index (χ4n) is 3.54. The van der Waals surface area contributed by atoms with Gasteiger partial charge in [0.2, 0.25) is 0 Å². The number of morpholine rings is 1. The highest BCUT2D eigenvalue weighted by Crippen LogP contribution is 2.27. The van der Waals surface area contributed by atoms with E-state index in [9.17, 15) is 4.79 Å². The van der Waals surface area contributed by atoms with E-state index in [1.165, 1.54) is 0 Å². The molecule has 1 aromatic heterocycles. The molecular weight excluding hydrogens is 336 g/mol. The van der Waals surface area contributed by atoms with Crippen LogP contribution in [0.1, 0.15) is 47.5 Å². The molecule has 4 heteroatoms. The number of fused-ring (bicyclic) bond motifs is 1. The Hall–Kier alpha value is -2.72. The van der Waals surface area contributed by atoms with Crippen molar-refractivity contribution >= 4 is 16.8 Å². The van der Waals surface area contributed by atoms with Crippen molar-refractivity contribution in [3.63, 3.8) is 0 Å². The normalized spacial score (nSPS) is 17.4. The van der Waals surface area contributed by atoms with Gasteiger partial charge in [0.15, 0.2) is 0 Å². The Morgan fingerprint density at radius 2 is 1.85 bits per heavy atom. The summed E-state index contributed by atoms with van der Waals surface area (Å²) in [5, 5.41) is 0.912. The predicted molar refractivity (Wildman–Crippen MR) is 107 cm³/mol. The molecule has 4 nitrogen and oxygen atoms in total. The molecule has 1 fully saturated rings. The second kappa shape index (κ2) is 7.49. The number of nitrogens with zero attached hydrogens (tertiary/aromatic N) is 2. The summed E-state index contributed by atoms with van der Waals surface area (Å²) >= 11 is 0. The van der Waals surface area contributed by atoms with Gasteiger partial charge < -0.3 is 9.64 Å². The average molecular weight is 360 g/mol. The summed E-state index contributed by atoms with van der Waals surface area (Å²) in [5.41, 5.74) is 3.67. The Bertz CT molecular complexity index is 953. The van der Waals surface area contributed by atoms with Gasteiger partial charge in [-0.1, -0.05) is 62.4 Å². The van der Waals surface area contributed by atoms with Gasteiger partial charge in [0.1, 0.15) is 6.10 Å². The maximum absolute atomic E-state index is 13.4. The highest BCUT2D eigenvalue weighted by Gasteiger charge is 2.27. The number of aromatic nitrogens is 1. The fourth-order valence-corrected chi connectivity index (χ4v) is 3.54. The Kier molecular flexibility index (Phi) is 4.90. The molecule has 4 rings (SSSR count). The average Bonchev–Trinajstić information content (AvgIpc) is 2.73. The molecule has 138 valence electrons. The van der Waals surface area contributed by atoms with Crippen LogP contribution in [0.2, 0.25) is 0 Å². The van der Waals surface area contributed by atoms with Crippen LogP contribution in [0.15, 0.2) is 60.7 Å². The number of carbonyl (C=O) groups excluding carboxylic acids is 1. The number of para-hydroxylation sites is 1. The monoisotopic (exact) mass is 360 g/mol. The Labute approximate surface area is 159 Å². The molecule has 0 spiro atoms. The number of pyridine rings is 1. The highest BCUT2D eigenvalue weighted by atomic mass is 16.5. The van der Waals surface area contributed by atoms with Gasteiger partial charge in [-0.2, -0.15) is 0 Å². The zero-order valence-electron chi connectivity index (χ0n) is 15.8. The first-order chi connectivity index (χ1) is 13.1. The lowest BCUT2D eigenvalue weighted by Gasteiger charge is -2.33. The van der Waals surface area contributed by atoms with E-state index in [2.05, 4.69) is 26.0 Å². The third-order valence-electron chi connectivity index (χ3n) is 5.08. The molecule has 1 amide bonds. The van der Waals surface area contributed by atoms with Crippen molar-refractivity contribution in [3.05, 3.63) is 77.5 Å². The number of benzene rings is 2. The van der Waals surface area contributed by atoms with Crippen molar-refractivity contribution < 1.29 is 9.53 Å². The van der Waals surface area contributed by atoms with Crippen LogP contribution in [0.4, 0.5) is 0 Å². The van der Waals surface area contributed by atoms with Crippen LogP contribution in [0.5, 0.6) is 0 Å². The standard InChI is InChI=1S/C23H24N2O2/c1-16(2)21-14-19(18-10-6-7-11-20(18)24-21)23(26)25-12-13-27-22(15-25)17-8-4-3-5-9-17/h3-11,14,16,22H,12-13,15H2,1-2H3/t22-/m1/s1. The molecule has 0 bridgehead atoms. The summed E-state index contributed by atoms with van der Waals surface area (Å²) in [4.78, 5) is 20.0. The maximum atomic E-state index is 13.4. The SMILES string of the molecule is CC(C)c1cc(C(=O)N2CCO[C@@H](c3ccccc3)C2)c2ccccc2n1. The first kappa shape index (κ1) is 17.7. The predicted octanol–water partition coefficient (Wildman–Crippen LogP) is 4.57. The van der Waals surface area contributed by atoms with E-state index < -0.39 is 0 Å². The van der Waals surface area contributed by atoms with Crippen LogP contribution in [-0.4, -0.2) is 35.5 Å². The van der Waals surface area contributed by atoms with E-state index in [0.29, 0.717) is 19.7 Å². The summed E-state index contributed by atoms with van der Waals surface area (Å²) in [7, 11) is 0. The fraction of sp³-hybridized carbons (Fsp3) is 0.304. The first-order valence-electron chi connectivity index (χ1n) is 9.49. The molecule has 2 aromatic carbocycles. The van der Waals surface area contributed by atoms with Crippen LogP contribution >= 0.6 is 0 Å². The lowest BCUT2D eigenvalue weighted by atomic mass is 10.0. The van der Waals surface area contributed by atoms with Crippen LogP contribution in [0.3, 0.4) is 0 Å². The summed E-state index contributed by atoms with van der Waals surface area (Å²) in [6.07, 6.45) is -0.0819. The van der Waals surface area contributed by atoms with Gasteiger partial charge in [-0.15, -0.1) is 0 Å². The third kappa shape index (κ3) is 3.58. The van der Waals surface area contributed by atoms with E-state index in [0.717, 1.165) is 27.7 Å². The maximum Gasteiger partial charge on any atom is 0.254 e. The van der Waals surface area contributed by atoms with Crippen LogP contribution in [0.25, 0.3) is 10.9 Å². The van der Waals surface area contributed by atoms with Crippen molar-refractivity contribution in [2.45, 2.75) is 25.9 Å². The number of carbonyl (C=O) groups is 1. The van der Waals surface area contributed by atoms with E-state index in [1.54, 1.807) is 0 Å². The van der Waals surface area contributed by atoms with Gasteiger partial charge in [0.05, 0.1) is 24.2 Å². The van der Waals surface area contributed by atoms with Gasteiger partial charge in [-0.05, 0) is 23.6 Å². The molecule has 1 saturated heterocycles. The van der Waals surface area contributed by atoms with Gasteiger partial charge >= 0.3 is 0 Å². The lowest BCUT2D eigenvalue weighted by Crippen LogP contribution is -2.42. The Morgan fingerprint density at radius 1 is 1.11 bits per heavy atom. The minimum Gasteiger partial charge on any atom is -0.370 e. The molecule has 0 saturated carbocycles. The van der Waals surface area contributed by atoms with Gasteiger partial charge in [0, 0.05) is 17.6 Å². The Balaban J connectivity index is 1.68. The molecule has 1 aliphatic heterocycles. The van der Waals surface area contributed by atoms with E-state index in [4.69, 9.17) is 9.72 Å². The zero-order chi connectivity index (χ0) is 18.8. The van der Waals surface area contributed by atoms with Crippen molar-refractivity contribution in [1.29, 1.82) is 0 Å². The quantitative estimate of drug-likeness (QED) is 0.687. The van der Waals surface area contributed by atoms with E-state index in [1.807, 2.05) is 53.4 Å². The topological polar surface area (TPSA) is 42.4 Å². The summed E-state index contributed by atoms with van der Waals surface area (Å²) < 4.78 is 5.92. The highest BCUT2D eigenvalue weighted by molar-refractivity contribution is 6.06. The first-order valence-corrected chi connectivity index (χ1v) is 9.49. The molecule has 27 heavy (non-hydrogen) atoms. The van der Waals surface area contributed by atoms with Crippen molar-refractivity contribution in [2.75, 3.05) is 19.7 Å². The molecule has 1 aliphatic rings. The van der Waals surface area contributed by atoms with Gasteiger partial charge in [-0.3, -0.25) is 9.78 Å². The molecule has 2 heterocycles. The van der Waals surface area contributed by atoms with Crippen molar-refractivity contribution in [3.8, 4) is 0 Å². The van der Waals surface area contributed by atoms with Gasteiger partial charge in [0.25, 0.3) is 5.91 Å². The lowest BCUT2D eigenvalue weighted by molar-refractivity contribution is -0.0227. The minimum absolute atomic E-state index is 0.0553. The van der Waals surface area contributed by atoms with E-state index >= 15 is 0 Å². The number of hydrogen-bond acceptors (Lipinski definition) is 3. The second-order valence-corrected chi connectivity index (χ2v) is 7.29. The van der Waals surface area contributed by atoms with Crippen molar-refractivity contribution in [1.82, 2.24) is 9.88 Å². The molecule has 0 aliphatic carbocycles. The second-order valence-electron chi connectivity index (χ2n) is 7.29. The minimum atomic E-state index is -0.0819. The number of amides is 1. The molecule has 0 unspecified atom stereocenters. The smallest absolute Gasteiger partial charge is 0.254 e. The van der Waals surface area contributed by atoms with Crippen LogP contribution < -0.4 is 0 Å². The van der Waals surface area contributed by atoms with Gasteiger partial charge in [-0.25, -0.2) is 0 Å². The zero-order valence-corrected chi connectivity index (χ0v) is 15.8. The molecule has 0 N–H and O–H groups in total. The number of hydrogen-bond donors (Lipinski definition) is 0. The van der Waals surface area contributed by atoms with Crippen molar-refractivity contribution in [2.24, 2.45) is 0 Å². The number of ether oxygens (including phenoxy) is 1. The number of rotatable bonds is 3. The van der Waals surface area contributed by atoms with Crippen LogP contribution in [-0.2, 0) is 4.74 Å². The summed E-state index contributed by atoms with van der Waals surface area (Å²) in [6, 6.07) is 20.0. The third-order valence-corrected chi connectivity index (χ3v) is 5.08. The Morgan fingerprint density at radius 3 is 2.63 bits per heavy atom. The molecule has 0 radical (unpaired) electrons. The molecule has 3 aromatic rings. The molecular formula is C23H24N2O2. The van der Waals surface area contributed by atoms with Crippen LogP contribution in [0, 0.1) is 0 Å². The van der Waals surface area contributed by atoms with E-state index in [-0.39, 0.29) is 17.9 Å². The summed E-state index contributed by atoms with van der Waals surface area (Å²) in [5.74, 6) is 0.322. The largest absolute Gasteiger partial charge is 0.370 e. The molecule has 1 atom stereocenters. The summed E-state index contributed by atoms with van der Waals surface area (Å²) in [6.45, 7) is 5.93.